The molecule has 0 radical (unpaired) electrons. The molecular weight excluding hydrogens is 250 g/mol. The third-order valence-corrected chi connectivity index (χ3v) is 2.85. The summed E-state index contributed by atoms with van der Waals surface area (Å²) in [6, 6.07) is 10.1. The Morgan fingerprint density at radius 2 is 1.80 bits per heavy atom. The molecule has 0 N–H and O–H groups in total. The smallest absolute Gasteiger partial charge is 0.240 e. The van der Waals surface area contributed by atoms with Gasteiger partial charge in [0.2, 0.25) is 5.89 Å². The number of nitrogens with zero attached hydrogens (tertiary/aromatic N) is 3. The SMILES string of the molecule is C=CCN(CC=C)Cc1nc(Cc2ccccc2)no1. The summed E-state index contributed by atoms with van der Waals surface area (Å²) in [6.45, 7) is 9.63. The largest absolute Gasteiger partial charge is 0.338 e. The fraction of sp³-hybridized carbons (Fsp3) is 0.250. The van der Waals surface area contributed by atoms with Gasteiger partial charge in [0.15, 0.2) is 5.82 Å². The van der Waals surface area contributed by atoms with Gasteiger partial charge in [0.25, 0.3) is 0 Å². The fourth-order valence-corrected chi connectivity index (χ4v) is 1.96. The quantitative estimate of drug-likeness (QED) is 0.691. The molecule has 0 saturated carbocycles. The lowest BCUT2D eigenvalue weighted by atomic mass is 10.1. The van der Waals surface area contributed by atoms with E-state index in [1.165, 1.54) is 5.56 Å². The van der Waals surface area contributed by atoms with Crippen molar-refractivity contribution >= 4 is 0 Å². The average molecular weight is 269 g/mol. The zero-order valence-corrected chi connectivity index (χ0v) is 11.5. The average Bonchev–Trinajstić information content (AvgIpc) is 2.88. The summed E-state index contributed by atoms with van der Waals surface area (Å²) in [5.41, 5.74) is 1.17. The van der Waals surface area contributed by atoms with Gasteiger partial charge in [-0.15, -0.1) is 13.2 Å². The normalized spacial score (nSPS) is 10.7. The van der Waals surface area contributed by atoms with Crippen LogP contribution in [0.25, 0.3) is 0 Å². The van der Waals surface area contributed by atoms with Crippen molar-refractivity contribution in [2.45, 2.75) is 13.0 Å². The number of hydrogen-bond acceptors (Lipinski definition) is 4. The number of aromatic nitrogens is 2. The molecule has 0 bridgehead atoms. The van der Waals surface area contributed by atoms with E-state index in [9.17, 15) is 0 Å². The van der Waals surface area contributed by atoms with Crippen molar-refractivity contribution in [1.29, 1.82) is 0 Å². The van der Waals surface area contributed by atoms with E-state index >= 15 is 0 Å². The number of benzene rings is 1. The Bertz CT molecular complexity index is 538. The molecule has 1 aromatic carbocycles. The van der Waals surface area contributed by atoms with E-state index in [-0.39, 0.29) is 0 Å². The van der Waals surface area contributed by atoms with Crippen LogP contribution in [0.5, 0.6) is 0 Å². The minimum absolute atomic E-state index is 0.611. The second kappa shape index (κ2) is 7.40. The van der Waals surface area contributed by atoms with E-state index < -0.39 is 0 Å². The second-order valence-electron chi connectivity index (χ2n) is 4.54. The van der Waals surface area contributed by atoms with Gasteiger partial charge in [-0.1, -0.05) is 47.6 Å². The van der Waals surface area contributed by atoms with Gasteiger partial charge in [-0.3, -0.25) is 4.90 Å². The molecule has 104 valence electrons. The van der Waals surface area contributed by atoms with Crippen LogP contribution in [0.3, 0.4) is 0 Å². The van der Waals surface area contributed by atoms with Crippen molar-refractivity contribution in [3.8, 4) is 0 Å². The fourth-order valence-electron chi connectivity index (χ4n) is 1.96. The molecule has 0 atom stereocenters. The van der Waals surface area contributed by atoms with Crippen LogP contribution in [0.1, 0.15) is 17.3 Å². The third-order valence-electron chi connectivity index (χ3n) is 2.85. The molecule has 0 saturated heterocycles. The van der Waals surface area contributed by atoms with Crippen LogP contribution < -0.4 is 0 Å². The molecule has 4 nitrogen and oxygen atoms in total. The molecule has 0 spiro atoms. The molecule has 2 rings (SSSR count). The first-order valence-corrected chi connectivity index (χ1v) is 6.61. The summed E-state index contributed by atoms with van der Waals surface area (Å²) in [4.78, 5) is 6.55. The lowest BCUT2D eigenvalue weighted by molar-refractivity contribution is 0.265. The molecule has 20 heavy (non-hydrogen) atoms. The molecule has 0 aliphatic rings. The van der Waals surface area contributed by atoms with E-state index in [4.69, 9.17) is 4.52 Å². The molecular formula is C16H19N3O. The van der Waals surface area contributed by atoms with E-state index in [1.807, 2.05) is 30.4 Å². The highest BCUT2D eigenvalue weighted by Gasteiger charge is 2.10. The minimum atomic E-state index is 0.611. The molecule has 0 fully saturated rings. The summed E-state index contributed by atoms with van der Waals surface area (Å²) in [7, 11) is 0. The summed E-state index contributed by atoms with van der Waals surface area (Å²) >= 11 is 0. The number of hydrogen-bond donors (Lipinski definition) is 0. The Morgan fingerprint density at radius 1 is 1.10 bits per heavy atom. The van der Waals surface area contributed by atoms with Crippen molar-refractivity contribution in [2.75, 3.05) is 13.1 Å². The Balaban J connectivity index is 1.97. The standard InChI is InChI=1S/C16H19N3O/c1-3-10-19(11-4-2)13-16-17-15(18-20-16)12-14-8-6-5-7-9-14/h3-9H,1-2,10-13H2. The molecule has 0 aliphatic carbocycles. The minimum Gasteiger partial charge on any atom is -0.338 e. The van der Waals surface area contributed by atoms with Gasteiger partial charge >= 0.3 is 0 Å². The van der Waals surface area contributed by atoms with E-state index in [2.05, 4.69) is 40.3 Å². The van der Waals surface area contributed by atoms with Gasteiger partial charge in [-0.05, 0) is 5.56 Å². The highest BCUT2D eigenvalue weighted by Crippen LogP contribution is 2.08. The van der Waals surface area contributed by atoms with Crippen LogP contribution in [-0.2, 0) is 13.0 Å². The van der Waals surface area contributed by atoms with Crippen molar-refractivity contribution < 1.29 is 4.52 Å². The van der Waals surface area contributed by atoms with Gasteiger partial charge < -0.3 is 4.52 Å². The summed E-state index contributed by atoms with van der Waals surface area (Å²) < 4.78 is 5.29. The molecule has 4 heteroatoms. The number of rotatable bonds is 8. The van der Waals surface area contributed by atoms with E-state index in [0.717, 1.165) is 13.1 Å². The van der Waals surface area contributed by atoms with Gasteiger partial charge in [0, 0.05) is 19.5 Å². The highest BCUT2D eigenvalue weighted by molar-refractivity contribution is 5.18. The summed E-state index contributed by atoms with van der Waals surface area (Å²) in [6.07, 6.45) is 4.39. The molecule has 1 aromatic heterocycles. The topological polar surface area (TPSA) is 42.2 Å². The lowest BCUT2D eigenvalue weighted by Gasteiger charge is -2.15. The summed E-state index contributed by atoms with van der Waals surface area (Å²) in [5, 5.41) is 4.02. The van der Waals surface area contributed by atoms with Crippen molar-refractivity contribution in [2.24, 2.45) is 0 Å². The van der Waals surface area contributed by atoms with Crippen molar-refractivity contribution in [3.05, 3.63) is 72.9 Å². The van der Waals surface area contributed by atoms with E-state index in [1.54, 1.807) is 0 Å². The molecule has 2 aromatic rings. The molecule has 0 unspecified atom stereocenters. The van der Waals surface area contributed by atoms with Crippen LogP contribution in [0.15, 0.2) is 60.2 Å². The first kappa shape index (κ1) is 14.2. The predicted molar refractivity (Wildman–Crippen MR) is 79.2 cm³/mol. The Labute approximate surface area is 119 Å². The van der Waals surface area contributed by atoms with Crippen LogP contribution in [0.4, 0.5) is 0 Å². The Kier molecular flexibility index (Phi) is 5.26. The second-order valence-corrected chi connectivity index (χ2v) is 4.54. The van der Waals surface area contributed by atoms with Crippen LogP contribution in [0.2, 0.25) is 0 Å². The first-order chi connectivity index (χ1) is 9.81. The first-order valence-electron chi connectivity index (χ1n) is 6.61. The monoisotopic (exact) mass is 269 g/mol. The van der Waals surface area contributed by atoms with Crippen LogP contribution in [0, 0.1) is 0 Å². The van der Waals surface area contributed by atoms with Crippen molar-refractivity contribution in [3.63, 3.8) is 0 Å². The maximum absolute atomic E-state index is 5.29. The third kappa shape index (κ3) is 4.17. The highest BCUT2D eigenvalue weighted by atomic mass is 16.5. The van der Waals surface area contributed by atoms with E-state index in [0.29, 0.717) is 24.7 Å². The van der Waals surface area contributed by atoms with Crippen LogP contribution >= 0.6 is 0 Å². The Morgan fingerprint density at radius 3 is 2.45 bits per heavy atom. The maximum atomic E-state index is 5.29. The summed E-state index contributed by atoms with van der Waals surface area (Å²) in [5.74, 6) is 1.34. The zero-order chi connectivity index (χ0) is 14.2. The molecule has 1 heterocycles. The molecule has 0 amide bonds. The zero-order valence-electron chi connectivity index (χ0n) is 11.5. The van der Waals surface area contributed by atoms with Gasteiger partial charge in [-0.2, -0.15) is 4.98 Å². The van der Waals surface area contributed by atoms with Gasteiger partial charge in [0.05, 0.1) is 6.54 Å². The maximum Gasteiger partial charge on any atom is 0.240 e. The van der Waals surface area contributed by atoms with Crippen molar-refractivity contribution in [1.82, 2.24) is 15.0 Å². The Hall–Kier alpha value is -2.20. The van der Waals surface area contributed by atoms with Gasteiger partial charge in [0.1, 0.15) is 0 Å². The van der Waals surface area contributed by atoms with Gasteiger partial charge in [-0.25, -0.2) is 0 Å². The van der Waals surface area contributed by atoms with Crippen LogP contribution in [-0.4, -0.2) is 28.1 Å². The lowest BCUT2D eigenvalue weighted by Crippen LogP contribution is -2.23. The molecule has 0 aliphatic heterocycles. The predicted octanol–water partition coefficient (Wildman–Crippen LogP) is 2.83.